The van der Waals surface area contributed by atoms with Gasteiger partial charge >= 0.3 is 18.2 Å². The summed E-state index contributed by atoms with van der Waals surface area (Å²) in [6.45, 7) is 5.44. The van der Waals surface area contributed by atoms with E-state index in [-0.39, 0.29) is 30.8 Å². The lowest BCUT2D eigenvalue weighted by Crippen LogP contribution is -2.39. The Morgan fingerprint density at radius 2 is 1.82 bits per heavy atom. The van der Waals surface area contributed by atoms with E-state index in [0.717, 1.165) is 6.07 Å². The van der Waals surface area contributed by atoms with E-state index in [1.165, 1.54) is 18.1 Å². The van der Waals surface area contributed by atoms with Gasteiger partial charge in [-0.15, -0.1) is 0 Å². The molecule has 154 valence electrons. The summed E-state index contributed by atoms with van der Waals surface area (Å²) < 4.78 is 50.8. The summed E-state index contributed by atoms with van der Waals surface area (Å²) in [4.78, 5) is 24.8. The fourth-order valence-electron chi connectivity index (χ4n) is 2.82. The number of benzene rings is 1. The molecule has 0 bridgehead atoms. The van der Waals surface area contributed by atoms with Crippen LogP contribution in [0.1, 0.15) is 48.7 Å². The molecule has 0 radical (unpaired) electrons. The molecule has 1 aliphatic heterocycles. The lowest BCUT2D eigenvalue weighted by atomic mass is 9.92. The average Bonchev–Trinajstić information content (AvgIpc) is 2.58. The summed E-state index contributed by atoms with van der Waals surface area (Å²) in [6, 6.07) is 1.67. The molecule has 9 heteroatoms. The number of carbonyl (C=O) groups excluding carboxylic acids is 1. The first kappa shape index (κ1) is 21.6. The first-order valence-corrected chi connectivity index (χ1v) is 8.53. The van der Waals surface area contributed by atoms with Gasteiger partial charge in [0, 0.05) is 13.1 Å². The molecule has 2 rings (SSSR count). The normalized spacial score (nSPS) is 15.1. The van der Waals surface area contributed by atoms with E-state index < -0.39 is 35.0 Å². The van der Waals surface area contributed by atoms with Gasteiger partial charge in [-0.05, 0) is 50.5 Å². The predicted octanol–water partition coefficient (Wildman–Crippen LogP) is 4.44. The Kier molecular flexibility index (Phi) is 5.96. The zero-order valence-electron chi connectivity index (χ0n) is 16.0. The van der Waals surface area contributed by atoms with Crippen LogP contribution in [0.25, 0.3) is 5.57 Å². The first-order valence-electron chi connectivity index (χ1n) is 8.53. The second-order valence-corrected chi connectivity index (χ2v) is 7.31. The summed E-state index contributed by atoms with van der Waals surface area (Å²) in [6.07, 6.45) is -3.61. The molecule has 0 aromatic heterocycles. The standard InChI is InChI=1S/C19H22F3NO5/c1-18(2,3)28-17(26)23-7-5-11(6-8-23)12-10-15(27-4)13(16(24)25)9-14(12)19(20,21)22/h5,9-10H,6-8H2,1-4H3,(H,24,25). The van der Waals surface area contributed by atoms with Gasteiger partial charge < -0.3 is 19.5 Å². The van der Waals surface area contributed by atoms with Crippen molar-refractivity contribution in [2.45, 2.75) is 39.0 Å². The van der Waals surface area contributed by atoms with Crippen molar-refractivity contribution in [3.63, 3.8) is 0 Å². The molecule has 1 amide bonds. The van der Waals surface area contributed by atoms with E-state index in [9.17, 15) is 22.8 Å². The van der Waals surface area contributed by atoms with Crippen molar-refractivity contribution in [3.8, 4) is 5.75 Å². The van der Waals surface area contributed by atoms with Crippen molar-refractivity contribution in [1.29, 1.82) is 0 Å². The summed E-state index contributed by atoms with van der Waals surface area (Å²) in [7, 11) is 1.19. The third-order valence-electron chi connectivity index (χ3n) is 4.08. The minimum Gasteiger partial charge on any atom is -0.496 e. The molecule has 1 aromatic rings. The van der Waals surface area contributed by atoms with Gasteiger partial charge in [0.05, 0.1) is 12.7 Å². The van der Waals surface area contributed by atoms with E-state index in [4.69, 9.17) is 14.6 Å². The second-order valence-electron chi connectivity index (χ2n) is 7.31. The summed E-state index contributed by atoms with van der Waals surface area (Å²) in [5, 5.41) is 9.16. The van der Waals surface area contributed by atoms with Crippen molar-refractivity contribution < 1.29 is 37.3 Å². The average molecular weight is 401 g/mol. The van der Waals surface area contributed by atoms with Crippen LogP contribution in [-0.2, 0) is 10.9 Å². The number of ether oxygens (including phenoxy) is 2. The highest BCUT2D eigenvalue weighted by Gasteiger charge is 2.37. The van der Waals surface area contributed by atoms with Crippen molar-refractivity contribution in [3.05, 3.63) is 34.9 Å². The van der Waals surface area contributed by atoms with Crippen molar-refractivity contribution in [2.24, 2.45) is 0 Å². The van der Waals surface area contributed by atoms with Gasteiger partial charge in [-0.25, -0.2) is 9.59 Å². The molecule has 1 N–H and O–H groups in total. The van der Waals surface area contributed by atoms with Crippen molar-refractivity contribution >= 4 is 17.6 Å². The van der Waals surface area contributed by atoms with E-state index in [2.05, 4.69) is 0 Å². The van der Waals surface area contributed by atoms with Gasteiger partial charge in [0.25, 0.3) is 0 Å². The van der Waals surface area contributed by atoms with E-state index in [1.54, 1.807) is 20.8 Å². The van der Waals surface area contributed by atoms with Crippen LogP contribution in [0.2, 0.25) is 0 Å². The number of aromatic carboxylic acids is 1. The molecule has 0 saturated heterocycles. The van der Waals surface area contributed by atoms with Crippen LogP contribution in [0.3, 0.4) is 0 Å². The zero-order chi connectivity index (χ0) is 21.3. The Morgan fingerprint density at radius 3 is 2.25 bits per heavy atom. The molecule has 0 fully saturated rings. The molecular formula is C19H22F3NO5. The Hall–Kier alpha value is -2.71. The molecule has 0 aliphatic carbocycles. The van der Waals surface area contributed by atoms with E-state index in [0.29, 0.717) is 11.6 Å². The Labute approximate surface area is 160 Å². The molecule has 0 atom stereocenters. The number of amides is 1. The highest BCUT2D eigenvalue weighted by Crippen LogP contribution is 2.40. The number of carbonyl (C=O) groups is 2. The number of alkyl halides is 3. The number of methoxy groups -OCH3 is 1. The summed E-state index contributed by atoms with van der Waals surface area (Å²) >= 11 is 0. The third-order valence-corrected chi connectivity index (χ3v) is 4.08. The Balaban J connectivity index is 2.40. The minimum atomic E-state index is -4.74. The van der Waals surface area contributed by atoms with Crippen LogP contribution in [0.15, 0.2) is 18.2 Å². The molecule has 1 aliphatic rings. The molecule has 28 heavy (non-hydrogen) atoms. The minimum absolute atomic E-state index is 0.0878. The second kappa shape index (κ2) is 7.73. The third kappa shape index (κ3) is 4.96. The smallest absolute Gasteiger partial charge is 0.417 e. The fraction of sp³-hybridized carbons (Fsp3) is 0.474. The number of rotatable bonds is 3. The highest BCUT2D eigenvalue weighted by atomic mass is 19.4. The highest BCUT2D eigenvalue weighted by molar-refractivity contribution is 5.92. The quantitative estimate of drug-likeness (QED) is 0.811. The molecule has 1 heterocycles. The van der Waals surface area contributed by atoms with Gasteiger partial charge in [0.2, 0.25) is 0 Å². The van der Waals surface area contributed by atoms with Crippen LogP contribution >= 0.6 is 0 Å². The molecule has 1 aromatic carbocycles. The SMILES string of the molecule is COc1cc(C2=CCN(C(=O)OC(C)(C)C)CC2)c(C(F)(F)F)cc1C(=O)O. The monoisotopic (exact) mass is 401 g/mol. The first-order chi connectivity index (χ1) is 12.8. The van der Waals surface area contributed by atoms with Gasteiger partial charge in [-0.1, -0.05) is 6.08 Å². The Bertz CT molecular complexity index is 809. The maximum absolute atomic E-state index is 13.5. The van der Waals surface area contributed by atoms with Gasteiger partial charge in [0.1, 0.15) is 16.9 Å². The van der Waals surface area contributed by atoms with E-state index in [1.807, 2.05) is 0 Å². The van der Waals surface area contributed by atoms with Crippen molar-refractivity contribution in [2.75, 3.05) is 20.2 Å². The van der Waals surface area contributed by atoms with Crippen LogP contribution in [0, 0.1) is 0 Å². The van der Waals surface area contributed by atoms with Gasteiger partial charge in [0.15, 0.2) is 0 Å². The topological polar surface area (TPSA) is 76.1 Å². The largest absolute Gasteiger partial charge is 0.496 e. The lowest BCUT2D eigenvalue weighted by molar-refractivity contribution is -0.137. The molecule has 0 unspecified atom stereocenters. The predicted molar refractivity (Wildman–Crippen MR) is 95.4 cm³/mol. The number of hydrogen-bond acceptors (Lipinski definition) is 4. The van der Waals surface area contributed by atoms with Crippen LogP contribution in [0.4, 0.5) is 18.0 Å². The van der Waals surface area contributed by atoms with Gasteiger partial charge in [-0.3, -0.25) is 0 Å². The summed E-state index contributed by atoms with van der Waals surface area (Å²) in [5.74, 6) is -1.67. The summed E-state index contributed by atoms with van der Waals surface area (Å²) in [5.41, 5.74) is -2.08. The molecular weight excluding hydrogens is 379 g/mol. The maximum atomic E-state index is 13.5. The van der Waals surface area contributed by atoms with Gasteiger partial charge in [-0.2, -0.15) is 13.2 Å². The number of halogens is 3. The number of hydrogen-bond donors (Lipinski definition) is 1. The van der Waals surface area contributed by atoms with Crippen LogP contribution < -0.4 is 4.74 Å². The number of carboxylic acids is 1. The van der Waals surface area contributed by atoms with Crippen LogP contribution in [0.5, 0.6) is 5.75 Å². The molecule has 6 nitrogen and oxygen atoms in total. The Morgan fingerprint density at radius 1 is 1.18 bits per heavy atom. The fourth-order valence-corrected chi connectivity index (χ4v) is 2.82. The van der Waals surface area contributed by atoms with Crippen LogP contribution in [-0.4, -0.2) is 47.9 Å². The zero-order valence-corrected chi connectivity index (χ0v) is 16.0. The number of carboxylic acid groups (broad SMARTS) is 1. The number of nitrogens with zero attached hydrogens (tertiary/aromatic N) is 1. The molecule has 0 saturated carbocycles. The lowest BCUT2D eigenvalue weighted by Gasteiger charge is -2.30. The molecule has 0 spiro atoms. The maximum Gasteiger partial charge on any atom is 0.417 e. The van der Waals surface area contributed by atoms with E-state index >= 15 is 0 Å². The van der Waals surface area contributed by atoms with Crippen molar-refractivity contribution in [1.82, 2.24) is 4.90 Å².